The fourth-order valence-corrected chi connectivity index (χ4v) is 3.42. The summed E-state index contributed by atoms with van der Waals surface area (Å²) in [5, 5.41) is 0. The van der Waals surface area contributed by atoms with Crippen molar-refractivity contribution in [3.05, 3.63) is 47.2 Å². The second-order valence-corrected chi connectivity index (χ2v) is 7.95. The van der Waals surface area contributed by atoms with Crippen molar-refractivity contribution in [2.75, 3.05) is 12.9 Å². The third kappa shape index (κ3) is 4.69. The van der Waals surface area contributed by atoms with Crippen molar-refractivity contribution < 1.29 is 44.3 Å². The molecule has 1 heterocycles. The largest absolute Gasteiger partial charge is 0.464 e. The molecule has 1 aromatic heterocycles. The van der Waals surface area contributed by atoms with E-state index in [1.807, 2.05) is 0 Å². The molecule has 0 N–H and O–H groups in total. The number of ether oxygens (including phenoxy) is 1. The lowest BCUT2D eigenvalue weighted by atomic mass is 10.0. The lowest BCUT2D eigenvalue weighted by Gasteiger charge is -2.17. The number of carbonyl (C=O) groups excluding carboxylic acids is 1. The van der Waals surface area contributed by atoms with Gasteiger partial charge in [0.2, 0.25) is 0 Å². The smallest absolute Gasteiger partial charge is 0.418 e. The number of esters is 1. The molecule has 0 aliphatic carbocycles. The first-order valence-corrected chi connectivity index (χ1v) is 9.48. The van der Waals surface area contributed by atoms with Crippen molar-refractivity contribution >= 4 is 15.8 Å². The first-order chi connectivity index (χ1) is 13.2. The molecule has 0 saturated heterocycles. The van der Waals surface area contributed by atoms with Crippen LogP contribution in [0.2, 0.25) is 0 Å². The van der Waals surface area contributed by atoms with E-state index in [2.05, 4.69) is 9.72 Å². The van der Waals surface area contributed by atoms with Crippen LogP contribution in [0.5, 0.6) is 0 Å². The number of sulfone groups is 1. The van der Waals surface area contributed by atoms with E-state index >= 15 is 0 Å². The van der Waals surface area contributed by atoms with E-state index in [9.17, 15) is 39.6 Å². The van der Waals surface area contributed by atoms with Crippen LogP contribution in [0.15, 0.2) is 35.2 Å². The summed E-state index contributed by atoms with van der Waals surface area (Å²) in [6.45, 7) is 1.16. The number of carbonyl (C=O) groups is 1. The minimum Gasteiger partial charge on any atom is -0.464 e. The maximum Gasteiger partial charge on any atom is 0.418 e. The number of benzene rings is 1. The lowest BCUT2D eigenvalue weighted by Crippen LogP contribution is -2.19. The molecular formula is C17H13F6NO4S. The van der Waals surface area contributed by atoms with E-state index in [1.54, 1.807) is 0 Å². The van der Waals surface area contributed by atoms with Crippen LogP contribution in [-0.2, 0) is 26.9 Å². The van der Waals surface area contributed by atoms with Crippen molar-refractivity contribution in [2.24, 2.45) is 0 Å². The second kappa shape index (κ2) is 7.65. The van der Waals surface area contributed by atoms with Gasteiger partial charge >= 0.3 is 18.3 Å². The maximum atomic E-state index is 13.6. The molecule has 29 heavy (non-hydrogen) atoms. The summed E-state index contributed by atoms with van der Waals surface area (Å²) < 4.78 is 108. The Morgan fingerprint density at radius 2 is 1.59 bits per heavy atom. The predicted molar refractivity (Wildman–Crippen MR) is 88.7 cm³/mol. The van der Waals surface area contributed by atoms with Gasteiger partial charge in [0.05, 0.1) is 29.7 Å². The van der Waals surface area contributed by atoms with E-state index in [0.717, 1.165) is 26.2 Å². The minimum atomic E-state index is -5.10. The summed E-state index contributed by atoms with van der Waals surface area (Å²) in [5.74, 6) is -1.92. The van der Waals surface area contributed by atoms with Crippen LogP contribution in [0.3, 0.4) is 0 Å². The minimum absolute atomic E-state index is 0.241. The van der Waals surface area contributed by atoms with Crippen LogP contribution in [0.1, 0.15) is 28.5 Å². The van der Waals surface area contributed by atoms with Gasteiger partial charge < -0.3 is 4.74 Å². The van der Waals surface area contributed by atoms with Gasteiger partial charge in [0.15, 0.2) is 15.5 Å². The Morgan fingerprint density at radius 1 is 1.03 bits per heavy atom. The number of rotatable bonds is 4. The van der Waals surface area contributed by atoms with Gasteiger partial charge in [-0.1, -0.05) is 19.1 Å². The zero-order valence-corrected chi connectivity index (χ0v) is 15.7. The Morgan fingerprint density at radius 3 is 2.00 bits per heavy atom. The number of alkyl halides is 6. The Balaban J connectivity index is 2.85. The molecule has 0 aliphatic rings. The fraction of sp³-hybridized carbons (Fsp3) is 0.294. The highest BCUT2D eigenvalue weighted by molar-refractivity contribution is 7.91. The Hall–Kier alpha value is -2.63. The van der Waals surface area contributed by atoms with Crippen LogP contribution in [0, 0.1) is 0 Å². The summed E-state index contributed by atoms with van der Waals surface area (Å²) in [5.41, 5.74) is -4.81. The lowest BCUT2D eigenvalue weighted by molar-refractivity contribution is -0.138. The molecule has 0 fully saturated rings. The van der Waals surface area contributed by atoms with E-state index in [0.29, 0.717) is 12.1 Å². The Kier molecular flexibility index (Phi) is 5.98. The second-order valence-electron chi connectivity index (χ2n) is 5.70. The van der Waals surface area contributed by atoms with Gasteiger partial charge in [-0.3, -0.25) is 0 Å². The van der Waals surface area contributed by atoms with Crippen LogP contribution < -0.4 is 0 Å². The predicted octanol–water partition coefficient (Wildman–Crippen LogP) is 4.37. The van der Waals surface area contributed by atoms with E-state index in [1.165, 1.54) is 0 Å². The molecule has 0 saturated carbocycles. The summed E-state index contributed by atoms with van der Waals surface area (Å²) in [6.07, 6.45) is -9.81. The maximum absolute atomic E-state index is 13.6. The quantitative estimate of drug-likeness (QED) is 0.521. The summed E-state index contributed by atoms with van der Waals surface area (Å²) in [6, 6.07) is 2.83. The highest BCUT2D eigenvalue weighted by atomic mass is 32.2. The first kappa shape index (κ1) is 22.7. The molecule has 0 unspecified atom stereocenters. The van der Waals surface area contributed by atoms with Crippen LogP contribution in [0.25, 0.3) is 11.3 Å². The fourth-order valence-electron chi connectivity index (χ4n) is 2.38. The first-order valence-electron chi connectivity index (χ1n) is 7.83. The average Bonchev–Trinajstić information content (AvgIpc) is 2.65. The molecule has 158 valence electrons. The molecule has 1 aromatic carbocycles. The van der Waals surface area contributed by atoms with Gasteiger partial charge in [-0.2, -0.15) is 26.3 Å². The number of pyridine rings is 1. The van der Waals surface area contributed by atoms with Gasteiger partial charge in [-0.15, -0.1) is 0 Å². The molecule has 0 spiro atoms. The summed E-state index contributed by atoms with van der Waals surface area (Å²) in [4.78, 5) is 14.5. The van der Waals surface area contributed by atoms with Crippen molar-refractivity contribution in [1.82, 2.24) is 4.98 Å². The molecule has 0 amide bonds. The summed E-state index contributed by atoms with van der Waals surface area (Å²) >= 11 is 0. The molecule has 2 aromatic rings. The highest BCUT2D eigenvalue weighted by Crippen LogP contribution is 2.39. The SMILES string of the molecule is CCS(=O)(=O)c1cc(C(F)(F)F)c(-c2ccc(C(F)(F)F)cc2)nc1C(=O)OC. The number of hydrogen-bond acceptors (Lipinski definition) is 5. The van der Waals surface area contributed by atoms with E-state index in [4.69, 9.17) is 0 Å². The molecule has 12 heteroatoms. The van der Waals surface area contributed by atoms with E-state index < -0.39 is 66.9 Å². The molecule has 0 bridgehead atoms. The molecule has 0 atom stereocenters. The number of hydrogen-bond donors (Lipinski definition) is 0. The molecule has 2 rings (SSSR count). The highest BCUT2D eigenvalue weighted by Gasteiger charge is 2.38. The van der Waals surface area contributed by atoms with E-state index in [-0.39, 0.29) is 6.07 Å². The van der Waals surface area contributed by atoms with Crippen molar-refractivity contribution in [3.63, 3.8) is 0 Å². The zero-order chi connectivity index (χ0) is 22.2. The Bertz CT molecular complexity index is 1030. The Labute approximate surface area is 161 Å². The van der Waals surface area contributed by atoms with Crippen LogP contribution in [0.4, 0.5) is 26.3 Å². The van der Waals surface area contributed by atoms with Gasteiger partial charge in [-0.05, 0) is 18.2 Å². The van der Waals surface area contributed by atoms with Gasteiger partial charge in [0, 0.05) is 5.56 Å². The zero-order valence-electron chi connectivity index (χ0n) is 14.9. The third-order valence-corrected chi connectivity index (χ3v) is 5.61. The van der Waals surface area contributed by atoms with Gasteiger partial charge in [-0.25, -0.2) is 18.2 Å². The van der Waals surface area contributed by atoms with Crippen LogP contribution >= 0.6 is 0 Å². The number of halogens is 6. The van der Waals surface area contributed by atoms with Crippen molar-refractivity contribution in [1.29, 1.82) is 0 Å². The molecular weight excluding hydrogens is 428 g/mol. The van der Waals surface area contributed by atoms with Crippen LogP contribution in [-0.4, -0.2) is 32.2 Å². The van der Waals surface area contributed by atoms with Gasteiger partial charge in [0.1, 0.15) is 4.90 Å². The molecule has 5 nitrogen and oxygen atoms in total. The third-order valence-electron chi connectivity index (χ3n) is 3.87. The summed E-state index contributed by atoms with van der Waals surface area (Å²) in [7, 11) is -3.43. The molecule has 0 aliphatic heterocycles. The number of aromatic nitrogens is 1. The van der Waals surface area contributed by atoms with Gasteiger partial charge in [0.25, 0.3) is 0 Å². The number of methoxy groups -OCH3 is 1. The normalized spacial score (nSPS) is 12.7. The average molecular weight is 441 g/mol. The monoisotopic (exact) mass is 441 g/mol. The van der Waals surface area contributed by atoms with Crippen molar-refractivity contribution in [3.8, 4) is 11.3 Å². The molecule has 0 radical (unpaired) electrons. The topological polar surface area (TPSA) is 73.3 Å². The number of nitrogens with zero attached hydrogens (tertiary/aromatic N) is 1. The van der Waals surface area contributed by atoms with Crippen molar-refractivity contribution in [2.45, 2.75) is 24.2 Å². The standard InChI is InChI=1S/C17H13F6NO4S/c1-3-29(26,27)12-8-11(17(21,22)23)13(24-14(12)15(25)28-2)9-4-6-10(7-5-9)16(18,19)20/h4-8H,3H2,1-2H3.